The first-order valence-corrected chi connectivity index (χ1v) is 9.22. The van der Waals surface area contributed by atoms with E-state index in [9.17, 15) is 19.7 Å². The molecule has 2 aromatic carbocycles. The van der Waals surface area contributed by atoms with Crippen LogP contribution in [-0.2, 0) is 9.53 Å². The fourth-order valence-corrected chi connectivity index (χ4v) is 3.05. The van der Waals surface area contributed by atoms with Crippen LogP contribution in [0.5, 0.6) is 11.5 Å². The van der Waals surface area contributed by atoms with Crippen LogP contribution in [0, 0.1) is 30.9 Å². The molecule has 0 radical (unpaired) electrons. The second-order valence-electron chi connectivity index (χ2n) is 6.61. The van der Waals surface area contributed by atoms with E-state index in [1.807, 2.05) is 32.9 Å². The second kappa shape index (κ2) is 9.73. The molecule has 0 bridgehead atoms. The van der Waals surface area contributed by atoms with E-state index in [2.05, 4.69) is 5.32 Å². The van der Waals surface area contributed by atoms with E-state index in [4.69, 9.17) is 14.2 Å². The van der Waals surface area contributed by atoms with Crippen LogP contribution < -0.4 is 14.8 Å². The van der Waals surface area contributed by atoms with E-state index in [0.717, 1.165) is 22.8 Å². The van der Waals surface area contributed by atoms with Gasteiger partial charge in [-0.3, -0.25) is 14.9 Å². The van der Waals surface area contributed by atoms with Crippen LogP contribution in [0.25, 0.3) is 0 Å². The lowest BCUT2D eigenvalue weighted by Crippen LogP contribution is -2.22. The van der Waals surface area contributed by atoms with Gasteiger partial charge < -0.3 is 19.5 Å². The third kappa shape index (κ3) is 5.25. The maximum absolute atomic E-state index is 12.5. The van der Waals surface area contributed by atoms with Crippen molar-refractivity contribution < 1.29 is 28.7 Å². The maximum atomic E-state index is 12.5. The number of nitrogens with zero attached hydrogens (tertiary/aromatic N) is 1. The number of nitrogens with one attached hydrogen (secondary N) is 1. The standard InChI is InChI=1S/C21H24N2O7/c1-6-29-18-9-15(16(23(26)27)10-17(18)28-5)21(25)30-11-19(24)22-20-13(3)7-12(2)8-14(20)4/h7-10H,6,11H2,1-5H3,(H,22,24). The lowest BCUT2D eigenvalue weighted by molar-refractivity contribution is -0.385. The number of nitro benzene ring substituents is 1. The highest BCUT2D eigenvalue weighted by Gasteiger charge is 2.26. The minimum atomic E-state index is -1.02. The normalized spacial score (nSPS) is 10.3. The highest BCUT2D eigenvalue weighted by molar-refractivity contribution is 5.98. The Balaban J connectivity index is 2.18. The first kappa shape index (κ1) is 22.7. The molecule has 0 aliphatic heterocycles. The van der Waals surface area contributed by atoms with Crippen molar-refractivity contribution in [2.24, 2.45) is 0 Å². The maximum Gasteiger partial charge on any atom is 0.345 e. The third-order valence-electron chi connectivity index (χ3n) is 4.27. The summed E-state index contributed by atoms with van der Waals surface area (Å²) in [5.74, 6) is -1.30. The van der Waals surface area contributed by atoms with E-state index >= 15 is 0 Å². The number of nitro groups is 1. The molecule has 0 saturated heterocycles. The number of carbonyl (C=O) groups excluding carboxylic acids is 2. The molecule has 0 spiro atoms. The Hall–Kier alpha value is -3.62. The van der Waals surface area contributed by atoms with Gasteiger partial charge in [0.2, 0.25) is 0 Å². The van der Waals surface area contributed by atoms with Crippen molar-refractivity contribution in [3.63, 3.8) is 0 Å². The van der Waals surface area contributed by atoms with Crippen LogP contribution in [0.4, 0.5) is 11.4 Å². The predicted molar refractivity (Wildman–Crippen MR) is 110 cm³/mol. The van der Waals surface area contributed by atoms with Crippen LogP contribution >= 0.6 is 0 Å². The van der Waals surface area contributed by atoms with Crippen molar-refractivity contribution in [1.29, 1.82) is 0 Å². The minimum Gasteiger partial charge on any atom is -0.493 e. The number of hydrogen-bond acceptors (Lipinski definition) is 7. The molecule has 0 heterocycles. The minimum absolute atomic E-state index is 0.114. The molecule has 0 saturated carbocycles. The molecule has 0 aromatic heterocycles. The Bertz CT molecular complexity index is 963. The molecule has 0 aliphatic carbocycles. The quantitative estimate of drug-likeness (QED) is 0.396. The molecule has 2 rings (SSSR count). The van der Waals surface area contributed by atoms with Gasteiger partial charge in [-0.1, -0.05) is 17.7 Å². The number of esters is 1. The van der Waals surface area contributed by atoms with Crippen molar-refractivity contribution in [2.75, 3.05) is 25.6 Å². The van der Waals surface area contributed by atoms with E-state index in [0.29, 0.717) is 5.69 Å². The topological polar surface area (TPSA) is 117 Å². The summed E-state index contributed by atoms with van der Waals surface area (Å²) >= 11 is 0. The van der Waals surface area contributed by atoms with Gasteiger partial charge in [0, 0.05) is 11.8 Å². The van der Waals surface area contributed by atoms with Gasteiger partial charge in [0.1, 0.15) is 5.56 Å². The van der Waals surface area contributed by atoms with Crippen LogP contribution in [-0.4, -0.2) is 37.1 Å². The first-order chi connectivity index (χ1) is 14.2. The Morgan fingerprint density at radius 3 is 2.23 bits per heavy atom. The van der Waals surface area contributed by atoms with Crippen molar-refractivity contribution in [3.05, 3.63) is 56.6 Å². The summed E-state index contributed by atoms with van der Waals surface area (Å²) in [5, 5.41) is 14.1. The highest BCUT2D eigenvalue weighted by Crippen LogP contribution is 2.35. The Labute approximate surface area is 174 Å². The third-order valence-corrected chi connectivity index (χ3v) is 4.27. The number of amides is 1. The summed E-state index contributed by atoms with van der Waals surface area (Å²) in [4.78, 5) is 35.4. The molecule has 1 amide bonds. The SMILES string of the molecule is CCOc1cc(C(=O)OCC(=O)Nc2c(C)cc(C)cc2C)c([N+](=O)[O-])cc1OC. The van der Waals surface area contributed by atoms with Gasteiger partial charge in [-0.05, 0) is 38.8 Å². The van der Waals surface area contributed by atoms with Gasteiger partial charge in [-0.2, -0.15) is 0 Å². The lowest BCUT2D eigenvalue weighted by Gasteiger charge is -2.13. The highest BCUT2D eigenvalue weighted by atomic mass is 16.6. The number of carbonyl (C=O) groups is 2. The Kier molecular flexibility index (Phi) is 7.35. The van der Waals surface area contributed by atoms with Crippen molar-refractivity contribution >= 4 is 23.3 Å². The summed E-state index contributed by atoms with van der Waals surface area (Å²) in [6, 6.07) is 6.10. The Morgan fingerprint density at radius 2 is 1.70 bits per heavy atom. The monoisotopic (exact) mass is 416 g/mol. The van der Waals surface area contributed by atoms with Gasteiger partial charge in [-0.25, -0.2) is 4.79 Å². The van der Waals surface area contributed by atoms with Crippen LogP contribution in [0.1, 0.15) is 34.0 Å². The van der Waals surface area contributed by atoms with Crippen LogP contribution in [0.15, 0.2) is 24.3 Å². The summed E-state index contributed by atoms with van der Waals surface area (Å²) in [7, 11) is 1.33. The number of aryl methyl sites for hydroxylation is 3. The summed E-state index contributed by atoms with van der Waals surface area (Å²) in [6.45, 7) is 7.05. The fourth-order valence-electron chi connectivity index (χ4n) is 3.05. The van der Waals surface area contributed by atoms with Crippen LogP contribution in [0.3, 0.4) is 0 Å². The predicted octanol–water partition coefficient (Wildman–Crippen LogP) is 3.72. The number of methoxy groups -OCH3 is 1. The van der Waals surface area contributed by atoms with Crippen LogP contribution in [0.2, 0.25) is 0 Å². The summed E-state index contributed by atoms with van der Waals surface area (Å²) in [5.41, 5.74) is 2.60. The molecular weight excluding hydrogens is 392 g/mol. The molecule has 160 valence electrons. The molecule has 0 unspecified atom stereocenters. The zero-order valence-corrected chi connectivity index (χ0v) is 17.5. The van der Waals surface area contributed by atoms with E-state index in [1.54, 1.807) is 6.92 Å². The zero-order valence-electron chi connectivity index (χ0n) is 17.5. The van der Waals surface area contributed by atoms with Gasteiger partial charge in [0.15, 0.2) is 18.1 Å². The van der Waals surface area contributed by atoms with Gasteiger partial charge in [-0.15, -0.1) is 0 Å². The van der Waals surface area contributed by atoms with Gasteiger partial charge in [0.25, 0.3) is 11.6 Å². The average molecular weight is 416 g/mol. The lowest BCUT2D eigenvalue weighted by atomic mass is 10.1. The summed E-state index contributed by atoms with van der Waals surface area (Å²) in [6.07, 6.45) is 0. The van der Waals surface area contributed by atoms with Crippen molar-refractivity contribution in [1.82, 2.24) is 0 Å². The molecule has 0 fully saturated rings. The number of ether oxygens (including phenoxy) is 3. The smallest absolute Gasteiger partial charge is 0.345 e. The molecule has 0 atom stereocenters. The molecule has 2 aromatic rings. The second-order valence-corrected chi connectivity index (χ2v) is 6.61. The number of benzene rings is 2. The fraction of sp³-hybridized carbons (Fsp3) is 0.333. The van der Waals surface area contributed by atoms with E-state index < -0.39 is 29.1 Å². The van der Waals surface area contributed by atoms with Crippen molar-refractivity contribution in [3.8, 4) is 11.5 Å². The van der Waals surface area contributed by atoms with E-state index in [-0.39, 0.29) is 23.7 Å². The molecule has 9 nitrogen and oxygen atoms in total. The molecule has 1 N–H and O–H groups in total. The number of anilines is 1. The number of hydrogen-bond donors (Lipinski definition) is 1. The van der Waals surface area contributed by atoms with Gasteiger partial charge >= 0.3 is 5.97 Å². The van der Waals surface area contributed by atoms with E-state index in [1.165, 1.54) is 13.2 Å². The molecule has 9 heteroatoms. The summed E-state index contributed by atoms with van der Waals surface area (Å²) < 4.78 is 15.4. The average Bonchev–Trinajstić information content (AvgIpc) is 2.68. The van der Waals surface area contributed by atoms with Gasteiger partial charge in [0.05, 0.1) is 24.7 Å². The largest absolute Gasteiger partial charge is 0.493 e. The van der Waals surface area contributed by atoms with Crippen molar-refractivity contribution in [2.45, 2.75) is 27.7 Å². The number of rotatable bonds is 8. The zero-order chi connectivity index (χ0) is 22.4. The molecule has 30 heavy (non-hydrogen) atoms. The molecule has 0 aliphatic rings. The first-order valence-electron chi connectivity index (χ1n) is 9.22. The Morgan fingerprint density at radius 1 is 1.07 bits per heavy atom. The molecular formula is C21H24N2O7.